The number of carboxylic acids is 1. The zero-order valence-electron chi connectivity index (χ0n) is 64.1. The van der Waals surface area contributed by atoms with Crippen LogP contribution in [0.15, 0.2) is 48.8 Å². The number of nitrogens with one attached hydrogen (secondary N) is 13. The highest BCUT2D eigenvalue weighted by Crippen LogP contribution is 2.31. The smallest absolute Gasteiger partial charge is 0.303 e. The molecule has 2 bridgehead atoms. The number of carbonyl (C=O) groups excluding carboxylic acids is 12. The summed E-state index contributed by atoms with van der Waals surface area (Å²) in [5, 5.41) is 88.9. The van der Waals surface area contributed by atoms with E-state index in [0.717, 1.165) is 11.1 Å². The number of aliphatic carboxylic acids is 1. The van der Waals surface area contributed by atoms with E-state index < -0.39 is 192 Å². The number of hydrogen-bond donors (Lipinski definition) is 19. The molecule has 2 aromatic rings. The fourth-order valence-electron chi connectivity index (χ4n) is 13.7. The predicted octanol–water partition coefficient (Wildman–Crippen LogP) is -0.923. The molecule has 6 rings (SSSR count). The molecule has 14 atom stereocenters. The summed E-state index contributed by atoms with van der Waals surface area (Å²) in [5.74, 6) is -11.3. The lowest BCUT2D eigenvalue weighted by atomic mass is 9.82. The monoisotopic (exact) mass is 1580 g/mol. The van der Waals surface area contributed by atoms with Crippen LogP contribution < -0.4 is 74.9 Å². The molecule has 110 heavy (non-hydrogen) atoms. The Bertz CT molecular complexity index is 3410. The molecule has 1 unspecified atom stereocenters. The van der Waals surface area contributed by atoms with Gasteiger partial charge in [0.05, 0.1) is 24.4 Å². The predicted molar refractivity (Wildman–Crippen MR) is 411 cm³/mol. The van der Waals surface area contributed by atoms with Crippen LogP contribution in [-0.2, 0) is 80.3 Å². The highest BCUT2D eigenvalue weighted by Gasteiger charge is 2.42. The van der Waals surface area contributed by atoms with E-state index in [1.807, 2.05) is 24.3 Å². The molecule has 2 saturated carbocycles. The van der Waals surface area contributed by atoms with E-state index in [1.54, 1.807) is 46.8 Å². The van der Waals surface area contributed by atoms with Crippen LogP contribution in [-0.4, -0.2) is 229 Å². The number of aromatic nitrogens is 1. The zero-order valence-corrected chi connectivity index (χ0v) is 65.7. The molecule has 33 nitrogen and oxygen atoms in total. The number of benzene rings is 1. The second kappa shape index (κ2) is 45.4. The van der Waals surface area contributed by atoms with E-state index >= 15 is 0 Å². The molecule has 20 N–H and O–H groups in total. The minimum atomic E-state index is -1.82. The van der Waals surface area contributed by atoms with Crippen molar-refractivity contribution in [3.05, 3.63) is 65.5 Å². The van der Waals surface area contributed by atoms with Gasteiger partial charge >= 0.3 is 5.97 Å². The first-order valence-electron chi connectivity index (χ1n) is 38.3. The van der Waals surface area contributed by atoms with E-state index in [1.165, 1.54) is 49.8 Å². The van der Waals surface area contributed by atoms with Gasteiger partial charge in [-0.05, 0) is 144 Å². The summed E-state index contributed by atoms with van der Waals surface area (Å²) in [6.45, 7) is 11.8. The van der Waals surface area contributed by atoms with Crippen molar-refractivity contribution in [2.45, 2.75) is 279 Å². The maximum Gasteiger partial charge on any atom is 0.303 e. The van der Waals surface area contributed by atoms with Crippen LogP contribution in [0.2, 0.25) is 0 Å². The number of rotatable bonds is 18. The molecule has 2 aliphatic carbocycles. The van der Waals surface area contributed by atoms with Crippen molar-refractivity contribution in [2.75, 3.05) is 24.7 Å². The number of carbonyl (C=O) groups is 13. The van der Waals surface area contributed by atoms with Crippen LogP contribution in [0.5, 0.6) is 0 Å². The molecular formula is C75H117N15O18S2. The first-order valence-corrected chi connectivity index (χ1v) is 40.7. The van der Waals surface area contributed by atoms with Crippen molar-refractivity contribution in [3.8, 4) is 0 Å². The largest absolute Gasteiger partial charge is 0.481 e. The SMILES string of the molecule is CCC[C@@H]1NC(=O)[C@H](Cc2cccnc2)NC(=O)[C@H]([C@@H](C)O)NC(=O)[C@H](CC2CNCN2)NC(=O)[C@H](CC2CCC(O)CC2)NC(=O)[C@H](C(C)(C)C)NC(=O)CCSCc2cccc(c2)CSC[C@@H](C(N)=O)NC(=O)[C@H]([C@@H](C)O)NC(=O)[C@H](CCC)NC(=O)[C@H](CC2CCC(O)CC2)NC(=O)[C@H](CCC(=O)O)NC1=O. The number of nitrogens with zero attached hydrogens (tertiary/aromatic N) is 1. The molecule has 1 saturated heterocycles. The standard InChI is InChI=1S/C75H117N15O18S2/c1-8-12-51-65(99)82-53(25-26-60(96)97)66(100)83-54(31-43-17-21-49(93)22-18-43)68(102)81-52(13-9-2)67(101)89-62(42(4)92)73(107)87-58(64(76)98)39-110-38-47-15-10-14-46(30-47)37-109-29-27-59(95)88-63(75(5,6)7)74(108)86-55(32-44-19-23-50(94)24-20-44)70(104)84-57(34-48-36-78-40-79-48)71(105)90-61(41(3)91)72(106)85-56(69(103)80-51)33-45-16-11-28-77-35-45/h10-11,14-16,28,30,35,41-44,48-58,61-63,78-79,91-94H,8-9,12-13,17-27,29,31-34,36-40H2,1-7H3,(H2,76,98)(H,80,103)(H,81,102)(H,82,99)(H,83,100)(H,84,104)(H,85,106)(H,86,108)(H,87,107)(H,88,95)(H,89,101)(H,90,105)(H,96,97)/t41-,42-,43?,44?,48?,49?,50?,51+,52+,53+,54+,55+,56+,57+,58+,61+,62+,63-/m1/s1. The van der Waals surface area contributed by atoms with Gasteiger partial charge in [-0.25, -0.2) is 0 Å². The van der Waals surface area contributed by atoms with E-state index in [9.17, 15) is 87.9 Å². The van der Waals surface area contributed by atoms with E-state index in [0.29, 0.717) is 87.4 Å². The van der Waals surface area contributed by atoms with Gasteiger partial charge in [-0.3, -0.25) is 67.3 Å². The lowest BCUT2D eigenvalue weighted by molar-refractivity contribution is -0.139. The minimum absolute atomic E-state index is 0.00129. The number of thioether (sulfide) groups is 2. The van der Waals surface area contributed by atoms with Crippen molar-refractivity contribution in [1.29, 1.82) is 0 Å². The van der Waals surface area contributed by atoms with Crippen molar-refractivity contribution < 1.29 is 87.9 Å². The van der Waals surface area contributed by atoms with Crippen LogP contribution in [0.3, 0.4) is 0 Å². The number of nitrogens with two attached hydrogens (primary N) is 1. The molecule has 1 aromatic heterocycles. The second-order valence-electron chi connectivity index (χ2n) is 30.5. The molecule has 35 heteroatoms. The summed E-state index contributed by atoms with van der Waals surface area (Å²) >= 11 is 2.73. The molecule has 4 aliphatic rings. The molecule has 1 aromatic carbocycles. The van der Waals surface area contributed by atoms with Gasteiger partial charge in [0.15, 0.2) is 0 Å². The number of aliphatic hydroxyl groups excluding tert-OH is 4. The van der Waals surface area contributed by atoms with E-state index in [-0.39, 0.29) is 75.4 Å². The molecule has 12 amide bonds. The van der Waals surface area contributed by atoms with Gasteiger partial charge in [-0.15, -0.1) is 0 Å². The quantitative estimate of drug-likeness (QED) is 0.0858. The lowest BCUT2D eigenvalue weighted by Crippen LogP contribution is -2.63. The molecule has 2 aliphatic heterocycles. The van der Waals surface area contributed by atoms with E-state index in [2.05, 4.69) is 74.1 Å². The Kier molecular flexibility index (Phi) is 37.5. The molecule has 3 fully saturated rings. The minimum Gasteiger partial charge on any atom is -0.481 e. The Hall–Kier alpha value is -8.06. The normalized spacial score (nSPS) is 29.6. The lowest BCUT2D eigenvalue weighted by Gasteiger charge is -2.34. The Morgan fingerprint density at radius 1 is 0.555 bits per heavy atom. The number of primary amides is 1. The van der Waals surface area contributed by atoms with Gasteiger partial charge in [-0.2, -0.15) is 23.5 Å². The third kappa shape index (κ3) is 30.6. The van der Waals surface area contributed by atoms with Crippen LogP contribution in [0.4, 0.5) is 0 Å². The number of aliphatic hydroxyl groups is 4. The Labute approximate surface area is 651 Å². The second-order valence-corrected chi connectivity index (χ2v) is 32.6. The fraction of sp³-hybridized carbons (Fsp3) is 0.680. The summed E-state index contributed by atoms with van der Waals surface area (Å²) in [6.07, 6.45) is 0.806. The highest BCUT2D eigenvalue weighted by atomic mass is 32.2. The summed E-state index contributed by atoms with van der Waals surface area (Å²) < 4.78 is 0. The average Bonchev–Trinajstić information content (AvgIpc) is 1.33. The third-order valence-corrected chi connectivity index (χ3v) is 22.2. The first-order chi connectivity index (χ1) is 52.2. The van der Waals surface area contributed by atoms with Gasteiger partial charge < -0.3 is 100 Å². The highest BCUT2D eigenvalue weighted by molar-refractivity contribution is 7.98. The molecule has 0 radical (unpaired) electrons. The van der Waals surface area contributed by atoms with Crippen molar-refractivity contribution in [1.82, 2.24) is 74.1 Å². The maximum atomic E-state index is 15.0. The van der Waals surface area contributed by atoms with E-state index in [4.69, 9.17) is 5.73 Å². The van der Waals surface area contributed by atoms with Crippen LogP contribution in [0, 0.1) is 17.3 Å². The maximum absolute atomic E-state index is 15.0. The topological polar surface area (TPSA) is 518 Å². The summed E-state index contributed by atoms with van der Waals surface area (Å²) in [4.78, 5) is 190. The number of amides is 12. The van der Waals surface area contributed by atoms with Crippen molar-refractivity contribution in [2.24, 2.45) is 23.0 Å². The van der Waals surface area contributed by atoms with Crippen LogP contribution >= 0.6 is 23.5 Å². The van der Waals surface area contributed by atoms with Gasteiger partial charge in [0, 0.05) is 73.9 Å². The molecule has 612 valence electrons. The van der Waals surface area contributed by atoms with Crippen LogP contribution in [0.25, 0.3) is 0 Å². The number of carboxylic acid groups (broad SMARTS) is 1. The van der Waals surface area contributed by atoms with Gasteiger partial charge in [0.25, 0.3) is 0 Å². The molecular weight excluding hydrogens is 1460 g/mol. The van der Waals surface area contributed by atoms with Crippen molar-refractivity contribution >= 4 is 100 Å². The summed E-state index contributed by atoms with van der Waals surface area (Å²) in [7, 11) is 0. The first kappa shape index (κ1) is 90.8. The Morgan fingerprint density at radius 3 is 1.48 bits per heavy atom. The average molecular weight is 1580 g/mol. The van der Waals surface area contributed by atoms with Crippen LogP contribution in [0.1, 0.15) is 181 Å². The molecule has 3 heterocycles. The van der Waals surface area contributed by atoms with Gasteiger partial charge in [0.1, 0.15) is 66.5 Å². The number of pyridine rings is 1. The summed E-state index contributed by atoms with van der Waals surface area (Å²) in [5.41, 5.74) is 7.05. The molecule has 0 spiro atoms. The Balaban J connectivity index is 1.36. The fourth-order valence-corrected chi connectivity index (χ4v) is 15.6. The van der Waals surface area contributed by atoms with Gasteiger partial charge in [-0.1, -0.05) is 77.8 Å². The van der Waals surface area contributed by atoms with Crippen molar-refractivity contribution in [3.63, 3.8) is 0 Å². The van der Waals surface area contributed by atoms with Gasteiger partial charge in [0.2, 0.25) is 70.9 Å². The third-order valence-electron chi connectivity index (χ3n) is 20.1. The Morgan fingerprint density at radius 2 is 1.01 bits per heavy atom. The number of fused-ring (bicyclic) bond motifs is 2. The zero-order chi connectivity index (χ0) is 80.8. The summed E-state index contributed by atoms with van der Waals surface area (Å²) in [6, 6.07) is -6.05. The number of hydrogen-bond acceptors (Lipinski definition) is 22.